The normalized spacial score (nSPS) is 24.4. The second-order valence-corrected chi connectivity index (χ2v) is 9.08. The van der Waals surface area contributed by atoms with Crippen molar-refractivity contribution in [3.63, 3.8) is 0 Å². The standard InChI is InChI=1S/C26H34N4O3/c1-27-24(31)23-19-30(14-13-29(23)18-22-11-7-4-8-12-22)25(32)26(20-28(2)15-16-33-26)17-21-9-5-3-6-10-21/h3-12,23H,13-20H2,1-2H3,(H,27,31). The summed E-state index contributed by atoms with van der Waals surface area (Å²) in [5, 5.41) is 2.79. The van der Waals surface area contributed by atoms with Crippen molar-refractivity contribution in [2.45, 2.75) is 24.6 Å². The number of rotatable bonds is 6. The van der Waals surface area contributed by atoms with Crippen molar-refractivity contribution < 1.29 is 14.3 Å². The fraction of sp³-hybridized carbons (Fsp3) is 0.462. The molecule has 2 fully saturated rings. The predicted molar refractivity (Wildman–Crippen MR) is 128 cm³/mol. The molecule has 0 spiro atoms. The SMILES string of the molecule is CNC(=O)C1CN(C(=O)C2(Cc3ccccc3)CN(C)CCO2)CCN1Cc1ccccc1. The van der Waals surface area contributed by atoms with Crippen molar-refractivity contribution in [2.24, 2.45) is 0 Å². The monoisotopic (exact) mass is 450 g/mol. The highest BCUT2D eigenvalue weighted by atomic mass is 16.5. The van der Waals surface area contributed by atoms with Gasteiger partial charge in [0.2, 0.25) is 5.91 Å². The van der Waals surface area contributed by atoms with E-state index in [1.807, 2.05) is 60.5 Å². The molecule has 2 unspecified atom stereocenters. The first-order valence-electron chi connectivity index (χ1n) is 11.7. The van der Waals surface area contributed by atoms with Gasteiger partial charge in [0.05, 0.1) is 6.61 Å². The van der Waals surface area contributed by atoms with Crippen LogP contribution in [0.3, 0.4) is 0 Å². The number of amides is 2. The maximum absolute atomic E-state index is 14.0. The minimum atomic E-state index is -0.941. The molecule has 2 aliphatic rings. The van der Waals surface area contributed by atoms with E-state index in [4.69, 9.17) is 4.74 Å². The summed E-state index contributed by atoms with van der Waals surface area (Å²) in [7, 11) is 3.68. The van der Waals surface area contributed by atoms with E-state index in [1.54, 1.807) is 7.05 Å². The molecule has 176 valence electrons. The van der Waals surface area contributed by atoms with Crippen molar-refractivity contribution in [1.29, 1.82) is 0 Å². The van der Waals surface area contributed by atoms with Gasteiger partial charge in [-0.25, -0.2) is 0 Å². The maximum atomic E-state index is 14.0. The lowest BCUT2D eigenvalue weighted by Gasteiger charge is -2.46. The number of hydrogen-bond acceptors (Lipinski definition) is 5. The second-order valence-electron chi connectivity index (χ2n) is 9.08. The number of nitrogens with zero attached hydrogens (tertiary/aromatic N) is 3. The molecule has 0 bridgehead atoms. The molecule has 2 amide bonds. The van der Waals surface area contributed by atoms with Gasteiger partial charge in [0, 0.05) is 52.7 Å². The van der Waals surface area contributed by atoms with Crippen molar-refractivity contribution in [3.05, 3.63) is 71.8 Å². The lowest BCUT2D eigenvalue weighted by molar-refractivity contribution is -0.173. The van der Waals surface area contributed by atoms with E-state index in [-0.39, 0.29) is 11.8 Å². The van der Waals surface area contributed by atoms with E-state index < -0.39 is 11.6 Å². The minimum absolute atomic E-state index is 0.0221. The number of nitrogens with one attached hydrogen (secondary N) is 1. The van der Waals surface area contributed by atoms with Crippen LogP contribution in [0.1, 0.15) is 11.1 Å². The van der Waals surface area contributed by atoms with Crippen LogP contribution in [-0.2, 0) is 27.3 Å². The molecule has 4 rings (SSSR count). The van der Waals surface area contributed by atoms with Gasteiger partial charge in [0.15, 0.2) is 5.60 Å². The second kappa shape index (κ2) is 10.5. The maximum Gasteiger partial charge on any atom is 0.256 e. The highest BCUT2D eigenvalue weighted by molar-refractivity contribution is 5.88. The van der Waals surface area contributed by atoms with E-state index in [0.717, 1.165) is 17.7 Å². The van der Waals surface area contributed by atoms with Gasteiger partial charge < -0.3 is 19.9 Å². The molecule has 1 N–H and O–H groups in total. The molecule has 0 aromatic heterocycles. The van der Waals surface area contributed by atoms with Gasteiger partial charge in [-0.3, -0.25) is 14.5 Å². The number of carbonyl (C=O) groups excluding carboxylic acids is 2. The highest BCUT2D eigenvalue weighted by Crippen LogP contribution is 2.27. The Kier molecular flexibility index (Phi) is 7.42. The molecule has 2 aromatic carbocycles. The average molecular weight is 451 g/mol. The number of benzene rings is 2. The van der Waals surface area contributed by atoms with Gasteiger partial charge in [-0.1, -0.05) is 60.7 Å². The van der Waals surface area contributed by atoms with Gasteiger partial charge in [-0.15, -0.1) is 0 Å². The number of hydrogen-bond donors (Lipinski definition) is 1. The molecular formula is C26H34N4O3. The molecule has 2 atom stereocenters. The van der Waals surface area contributed by atoms with Crippen LogP contribution in [0, 0.1) is 0 Å². The molecule has 2 aliphatic heterocycles. The van der Waals surface area contributed by atoms with Gasteiger partial charge >= 0.3 is 0 Å². The van der Waals surface area contributed by atoms with Crippen molar-refractivity contribution in [3.8, 4) is 0 Å². The zero-order valence-electron chi connectivity index (χ0n) is 19.6. The smallest absolute Gasteiger partial charge is 0.256 e. The zero-order chi connectivity index (χ0) is 23.3. The third kappa shape index (κ3) is 5.43. The Morgan fingerprint density at radius 2 is 1.67 bits per heavy atom. The van der Waals surface area contributed by atoms with Gasteiger partial charge in [-0.2, -0.15) is 0 Å². The summed E-state index contributed by atoms with van der Waals surface area (Å²) in [5.74, 6) is -0.0895. The van der Waals surface area contributed by atoms with Crippen LogP contribution in [-0.4, -0.2) is 91.6 Å². The van der Waals surface area contributed by atoms with Crippen LogP contribution in [0.15, 0.2) is 60.7 Å². The van der Waals surface area contributed by atoms with Crippen LogP contribution < -0.4 is 5.32 Å². The van der Waals surface area contributed by atoms with Crippen molar-refractivity contribution in [2.75, 3.05) is 53.4 Å². The summed E-state index contributed by atoms with van der Waals surface area (Å²) in [5.41, 5.74) is 1.29. The van der Waals surface area contributed by atoms with Gasteiger partial charge in [0.25, 0.3) is 5.91 Å². The molecule has 33 heavy (non-hydrogen) atoms. The third-order valence-corrected chi connectivity index (χ3v) is 6.65. The first kappa shape index (κ1) is 23.4. The summed E-state index contributed by atoms with van der Waals surface area (Å²) in [6.07, 6.45) is 0.520. The topological polar surface area (TPSA) is 65.1 Å². The molecular weight excluding hydrogens is 416 g/mol. The number of carbonyl (C=O) groups is 2. The zero-order valence-corrected chi connectivity index (χ0v) is 19.6. The number of morpholine rings is 1. The molecule has 2 aromatic rings. The largest absolute Gasteiger partial charge is 0.362 e. The number of likely N-dealkylation sites (N-methyl/N-ethyl adjacent to an activating group) is 2. The summed E-state index contributed by atoms with van der Waals surface area (Å²) < 4.78 is 6.25. The average Bonchev–Trinajstić information content (AvgIpc) is 2.84. The lowest BCUT2D eigenvalue weighted by atomic mass is 9.90. The summed E-state index contributed by atoms with van der Waals surface area (Å²) in [6.45, 7) is 4.09. The Labute approximate surface area is 196 Å². The first-order valence-corrected chi connectivity index (χ1v) is 11.7. The van der Waals surface area contributed by atoms with Crippen LogP contribution in [0.5, 0.6) is 0 Å². The summed E-state index contributed by atoms with van der Waals surface area (Å²) >= 11 is 0. The fourth-order valence-corrected chi connectivity index (χ4v) is 4.91. The van der Waals surface area contributed by atoms with E-state index in [0.29, 0.717) is 45.8 Å². The Morgan fingerprint density at radius 3 is 2.30 bits per heavy atom. The third-order valence-electron chi connectivity index (χ3n) is 6.65. The van der Waals surface area contributed by atoms with E-state index in [9.17, 15) is 9.59 Å². The fourth-order valence-electron chi connectivity index (χ4n) is 4.91. The number of piperazine rings is 1. The Bertz CT molecular complexity index is 939. The van der Waals surface area contributed by atoms with E-state index in [2.05, 4.69) is 27.2 Å². The molecule has 0 saturated carbocycles. The Balaban J connectivity index is 1.54. The first-order chi connectivity index (χ1) is 16.0. The van der Waals surface area contributed by atoms with Crippen LogP contribution in [0.25, 0.3) is 0 Å². The van der Waals surface area contributed by atoms with Crippen LogP contribution >= 0.6 is 0 Å². The van der Waals surface area contributed by atoms with Crippen molar-refractivity contribution >= 4 is 11.8 Å². The molecule has 7 nitrogen and oxygen atoms in total. The van der Waals surface area contributed by atoms with E-state index in [1.165, 1.54) is 0 Å². The van der Waals surface area contributed by atoms with Crippen LogP contribution in [0.4, 0.5) is 0 Å². The van der Waals surface area contributed by atoms with Crippen molar-refractivity contribution in [1.82, 2.24) is 20.0 Å². The predicted octanol–water partition coefficient (Wildman–Crippen LogP) is 1.39. The quantitative estimate of drug-likeness (QED) is 0.721. The van der Waals surface area contributed by atoms with Gasteiger partial charge in [0.1, 0.15) is 6.04 Å². The molecule has 2 heterocycles. The summed E-state index contributed by atoms with van der Waals surface area (Å²) in [6, 6.07) is 19.8. The molecule has 0 aliphatic carbocycles. The highest BCUT2D eigenvalue weighted by Gasteiger charge is 2.47. The summed E-state index contributed by atoms with van der Waals surface area (Å²) in [4.78, 5) is 32.9. The van der Waals surface area contributed by atoms with E-state index >= 15 is 0 Å². The van der Waals surface area contributed by atoms with Gasteiger partial charge in [-0.05, 0) is 18.2 Å². The molecule has 2 saturated heterocycles. The Morgan fingerprint density at radius 1 is 1.00 bits per heavy atom. The molecule has 7 heteroatoms. The lowest BCUT2D eigenvalue weighted by Crippen LogP contribution is -2.66. The molecule has 0 radical (unpaired) electrons. The Hall–Kier alpha value is -2.74. The van der Waals surface area contributed by atoms with Crippen LogP contribution in [0.2, 0.25) is 0 Å². The minimum Gasteiger partial charge on any atom is -0.362 e. The number of ether oxygens (including phenoxy) is 1.